The molecule has 0 aliphatic carbocycles. The van der Waals surface area contributed by atoms with E-state index in [-0.39, 0.29) is 11.9 Å². The number of aliphatic hydroxyl groups excluding tert-OH is 1. The summed E-state index contributed by atoms with van der Waals surface area (Å²) >= 11 is 6.53. The molecule has 0 radical (unpaired) electrons. The van der Waals surface area contributed by atoms with Crippen molar-refractivity contribution in [2.24, 2.45) is 0 Å². The van der Waals surface area contributed by atoms with E-state index in [1.165, 1.54) is 56.7 Å². The molecule has 1 amide bonds. The molecule has 0 saturated carbocycles. The maximum atomic E-state index is 12.9. The van der Waals surface area contributed by atoms with E-state index in [1.54, 1.807) is 11.9 Å². The minimum absolute atomic E-state index is 0.152. The summed E-state index contributed by atoms with van der Waals surface area (Å²) in [6, 6.07) is 12.7. The Bertz CT molecular complexity index is 609. The lowest BCUT2D eigenvalue weighted by molar-refractivity contribution is -0.133. The van der Waals surface area contributed by atoms with Crippen LogP contribution in [0.4, 0.5) is 0 Å². The lowest BCUT2D eigenvalue weighted by atomic mass is 10.0. The molecule has 32 heavy (non-hydrogen) atoms. The van der Waals surface area contributed by atoms with Crippen LogP contribution in [-0.4, -0.2) is 49.3 Å². The molecule has 1 rings (SSSR count). The largest absolute Gasteiger partial charge is 0.417 e. The summed E-state index contributed by atoms with van der Waals surface area (Å²) in [6.45, 7) is 9.13. The van der Waals surface area contributed by atoms with E-state index in [0.29, 0.717) is 13.0 Å². The third-order valence-corrected chi connectivity index (χ3v) is 11.6. The molecule has 0 fully saturated rings. The fraction of sp³-hybridized carbons (Fsp3) is 0.731. The summed E-state index contributed by atoms with van der Waals surface area (Å²) in [5.74, 6) is -0.152. The SMILES string of the molecule is CCCC[Si](CCCC)(CCCC)OCC[C@@H](Cl)C(=O)N(C)[C@@H](C)[C@@H](O)c1ccccc1. The first-order chi connectivity index (χ1) is 15.3. The van der Waals surface area contributed by atoms with Gasteiger partial charge in [-0.2, -0.15) is 0 Å². The summed E-state index contributed by atoms with van der Waals surface area (Å²) in [4.78, 5) is 14.5. The van der Waals surface area contributed by atoms with E-state index in [0.717, 1.165) is 5.56 Å². The van der Waals surface area contributed by atoms with E-state index >= 15 is 0 Å². The zero-order chi connectivity index (χ0) is 24.0. The van der Waals surface area contributed by atoms with Gasteiger partial charge in [0.05, 0.1) is 12.1 Å². The number of nitrogens with zero attached hydrogens (tertiary/aromatic N) is 1. The molecule has 1 aromatic rings. The molecule has 0 saturated heterocycles. The van der Waals surface area contributed by atoms with Crippen molar-refractivity contribution in [3.05, 3.63) is 35.9 Å². The van der Waals surface area contributed by atoms with Crippen molar-refractivity contribution < 1.29 is 14.3 Å². The fourth-order valence-corrected chi connectivity index (χ4v) is 9.12. The predicted octanol–water partition coefficient (Wildman–Crippen LogP) is 6.93. The summed E-state index contributed by atoms with van der Waals surface area (Å²) < 4.78 is 6.65. The number of alkyl halides is 1. The second kappa shape index (κ2) is 15.9. The van der Waals surface area contributed by atoms with Crippen molar-refractivity contribution in [3.8, 4) is 0 Å². The minimum atomic E-state index is -1.79. The van der Waals surface area contributed by atoms with Gasteiger partial charge in [0.15, 0.2) is 8.32 Å². The standard InChI is InChI=1S/C26H46ClNO3Si/c1-6-9-19-32(20-10-7-2,21-11-8-3)31-18-17-24(27)26(30)28(5)22(4)25(29)23-15-13-12-14-16-23/h12-16,22,24-25,29H,6-11,17-21H2,1-5H3/t22-,24+,25+/m0/s1. The van der Waals surface area contributed by atoms with Gasteiger partial charge in [0.2, 0.25) is 5.91 Å². The molecule has 0 heterocycles. The van der Waals surface area contributed by atoms with Gasteiger partial charge in [-0.1, -0.05) is 89.6 Å². The van der Waals surface area contributed by atoms with Gasteiger partial charge in [-0.3, -0.25) is 4.79 Å². The van der Waals surface area contributed by atoms with Gasteiger partial charge >= 0.3 is 0 Å². The lowest BCUT2D eigenvalue weighted by Gasteiger charge is -2.33. The van der Waals surface area contributed by atoms with Gasteiger partial charge in [-0.15, -0.1) is 11.6 Å². The zero-order valence-corrected chi connectivity index (χ0v) is 22.7. The maximum Gasteiger partial charge on any atom is 0.240 e. The number of likely N-dealkylation sites (N-methyl/N-ethyl adjacent to an activating group) is 1. The molecule has 184 valence electrons. The number of rotatable bonds is 17. The van der Waals surface area contributed by atoms with E-state index in [4.69, 9.17) is 16.0 Å². The van der Waals surface area contributed by atoms with Crippen molar-refractivity contribution in [3.63, 3.8) is 0 Å². The van der Waals surface area contributed by atoms with Crippen molar-refractivity contribution in [2.75, 3.05) is 13.7 Å². The van der Waals surface area contributed by atoms with Crippen molar-refractivity contribution in [2.45, 2.75) is 108 Å². The van der Waals surface area contributed by atoms with Crippen LogP contribution < -0.4 is 0 Å². The predicted molar refractivity (Wildman–Crippen MR) is 139 cm³/mol. The summed E-state index contributed by atoms with van der Waals surface area (Å²) in [6.07, 6.45) is 7.01. The van der Waals surface area contributed by atoms with Crippen LogP contribution in [0.5, 0.6) is 0 Å². The fourth-order valence-electron chi connectivity index (χ4n) is 4.15. The third-order valence-electron chi connectivity index (χ3n) is 6.56. The van der Waals surface area contributed by atoms with Crippen molar-refractivity contribution in [1.29, 1.82) is 0 Å². The molecule has 3 atom stereocenters. The first kappa shape index (κ1) is 29.1. The molecule has 0 spiro atoms. The molecule has 0 unspecified atom stereocenters. The van der Waals surface area contributed by atoms with Gasteiger partial charge in [-0.25, -0.2) is 0 Å². The van der Waals surface area contributed by atoms with Gasteiger partial charge in [0, 0.05) is 13.7 Å². The Morgan fingerprint density at radius 3 is 2.00 bits per heavy atom. The summed E-state index contributed by atoms with van der Waals surface area (Å²) in [7, 11) is -0.0742. The van der Waals surface area contributed by atoms with Crippen LogP contribution in [0.1, 0.15) is 84.3 Å². The van der Waals surface area contributed by atoms with E-state index in [9.17, 15) is 9.90 Å². The monoisotopic (exact) mass is 483 g/mol. The Hall–Kier alpha value is -0.883. The van der Waals surface area contributed by atoms with Crippen LogP contribution in [0.3, 0.4) is 0 Å². The van der Waals surface area contributed by atoms with E-state index in [1.807, 2.05) is 37.3 Å². The lowest BCUT2D eigenvalue weighted by Crippen LogP contribution is -2.44. The Labute approximate surface area is 202 Å². The second-order valence-electron chi connectivity index (χ2n) is 9.14. The maximum absolute atomic E-state index is 12.9. The Balaban J connectivity index is 2.69. The number of benzene rings is 1. The smallest absolute Gasteiger partial charge is 0.240 e. The van der Waals surface area contributed by atoms with Crippen LogP contribution in [0.2, 0.25) is 18.1 Å². The molecule has 4 nitrogen and oxygen atoms in total. The normalized spacial score (nSPS) is 14.7. The number of unbranched alkanes of at least 4 members (excludes halogenated alkanes) is 3. The first-order valence-corrected chi connectivity index (χ1v) is 15.6. The Kier molecular flexibility index (Phi) is 14.5. The number of hydrogen-bond donors (Lipinski definition) is 1. The molecule has 1 aromatic carbocycles. The molecule has 0 aliphatic heterocycles. The molecule has 0 aliphatic rings. The van der Waals surface area contributed by atoms with Crippen LogP contribution >= 0.6 is 11.6 Å². The molecule has 6 heteroatoms. The van der Waals surface area contributed by atoms with E-state index < -0.39 is 19.8 Å². The molecule has 1 N–H and O–H groups in total. The van der Waals surface area contributed by atoms with Gasteiger partial charge in [-0.05, 0) is 37.0 Å². The van der Waals surface area contributed by atoms with Gasteiger partial charge < -0.3 is 14.4 Å². The zero-order valence-electron chi connectivity index (χ0n) is 21.0. The molecule has 0 aromatic heterocycles. The van der Waals surface area contributed by atoms with Crippen molar-refractivity contribution in [1.82, 2.24) is 4.90 Å². The highest BCUT2D eigenvalue weighted by Crippen LogP contribution is 2.30. The quantitative estimate of drug-likeness (QED) is 0.193. The third kappa shape index (κ3) is 9.54. The highest BCUT2D eigenvalue weighted by molar-refractivity contribution is 6.73. The van der Waals surface area contributed by atoms with Gasteiger partial charge in [0.25, 0.3) is 0 Å². The van der Waals surface area contributed by atoms with E-state index in [2.05, 4.69) is 20.8 Å². The van der Waals surface area contributed by atoms with Crippen LogP contribution in [0.15, 0.2) is 30.3 Å². The topological polar surface area (TPSA) is 49.8 Å². The van der Waals surface area contributed by atoms with Crippen LogP contribution in [-0.2, 0) is 9.22 Å². The number of carbonyl (C=O) groups is 1. The Morgan fingerprint density at radius 1 is 1.03 bits per heavy atom. The Morgan fingerprint density at radius 2 is 1.53 bits per heavy atom. The summed E-state index contributed by atoms with van der Waals surface area (Å²) in [5, 5.41) is 10.0. The second-order valence-corrected chi connectivity index (χ2v) is 13.8. The summed E-state index contributed by atoms with van der Waals surface area (Å²) in [5.41, 5.74) is 0.799. The minimum Gasteiger partial charge on any atom is -0.417 e. The molecular formula is C26H46ClNO3Si. The number of carbonyl (C=O) groups excluding carboxylic acids is 1. The number of halogens is 1. The first-order valence-electron chi connectivity index (χ1n) is 12.6. The number of hydrogen-bond acceptors (Lipinski definition) is 3. The average Bonchev–Trinajstić information content (AvgIpc) is 2.83. The average molecular weight is 484 g/mol. The number of aliphatic hydroxyl groups is 1. The van der Waals surface area contributed by atoms with Crippen molar-refractivity contribution >= 4 is 25.8 Å². The van der Waals surface area contributed by atoms with Crippen LogP contribution in [0.25, 0.3) is 0 Å². The van der Waals surface area contributed by atoms with Gasteiger partial charge in [0.1, 0.15) is 5.38 Å². The highest BCUT2D eigenvalue weighted by Gasteiger charge is 2.34. The highest BCUT2D eigenvalue weighted by atomic mass is 35.5. The van der Waals surface area contributed by atoms with Crippen LogP contribution in [0, 0.1) is 0 Å². The number of amides is 1. The molecular weight excluding hydrogens is 438 g/mol. The molecule has 0 bridgehead atoms.